The Labute approximate surface area is 178 Å². The molecule has 0 aliphatic carbocycles. The second-order valence-corrected chi connectivity index (χ2v) is 7.47. The molecule has 0 aliphatic rings. The number of rotatable bonds is 5. The minimum atomic E-state index is -0.308. The van der Waals surface area contributed by atoms with Gasteiger partial charge in [-0.05, 0) is 65.2 Å². The normalized spacial score (nSPS) is 10.9. The second kappa shape index (κ2) is 8.12. The molecule has 0 unspecified atom stereocenters. The number of halogens is 1. The van der Waals surface area contributed by atoms with Crippen molar-refractivity contribution < 1.29 is 4.74 Å². The number of hydrogen-bond acceptors (Lipinski definition) is 5. The predicted octanol–water partition coefficient (Wildman–Crippen LogP) is 3.88. The van der Waals surface area contributed by atoms with E-state index in [0.717, 1.165) is 33.6 Å². The summed E-state index contributed by atoms with van der Waals surface area (Å²) in [5.41, 5.74) is 5.18. The third-order valence-electron chi connectivity index (χ3n) is 4.92. The molecule has 2 heterocycles. The van der Waals surface area contributed by atoms with Crippen LogP contribution in [0.4, 0.5) is 0 Å². The molecular weight excluding hydrogens is 402 g/mol. The van der Waals surface area contributed by atoms with Gasteiger partial charge >= 0.3 is 5.69 Å². The lowest BCUT2D eigenvalue weighted by atomic mass is 10.0. The van der Waals surface area contributed by atoms with E-state index in [1.165, 1.54) is 9.36 Å². The van der Waals surface area contributed by atoms with Crippen LogP contribution in [0.15, 0.2) is 59.7 Å². The van der Waals surface area contributed by atoms with E-state index < -0.39 is 0 Å². The van der Waals surface area contributed by atoms with Crippen molar-refractivity contribution in [1.82, 2.24) is 24.8 Å². The third-order valence-corrected chi connectivity index (χ3v) is 5.13. The first-order valence-electron chi connectivity index (χ1n) is 9.36. The maximum absolute atomic E-state index is 12.3. The van der Waals surface area contributed by atoms with Gasteiger partial charge in [-0.2, -0.15) is 9.36 Å². The zero-order chi connectivity index (χ0) is 21.3. The first-order chi connectivity index (χ1) is 14.4. The van der Waals surface area contributed by atoms with Gasteiger partial charge in [0.2, 0.25) is 0 Å². The van der Waals surface area contributed by atoms with E-state index in [-0.39, 0.29) is 5.69 Å². The van der Waals surface area contributed by atoms with Crippen molar-refractivity contribution in [3.8, 4) is 22.6 Å². The highest BCUT2D eigenvalue weighted by molar-refractivity contribution is 6.30. The Morgan fingerprint density at radius 2 is 1.83 bits per heavy atom. The van der Waals surface area contributed by atoms with Crippen molar-refractivity contribution in [1.29, 1.82) is 0 Å². The molecule has 0 aliphatic heterocycles. The Balaban J connectivity index is 1.61. The van der Waals surface area contributed by atoms with Crippen LogP contribution < -0.4 is 10.4 Å². The number of benzene rings is 2. The number of pyridine rings is 1. The van der Waals surface area contributed by atoms with Crippen LogP contribution in [0.5, 0.6) is 5.75 Å². The van der Waals surface area contributed by atoms with Gasteiger partial charge in [-0.1, -0.05) is 29.8 Å². The third kappa shape index (κ3) is 3.84. The molecule has 2 aromatic heterocycles. The maximum Gasteiger partial charge on any atom is 0.368 e. The van der Waals surface area contributed by atoms with Gasteiger partial charge in [0, 0.05) is 30.6 Å². The van der Waals surface area contributed by atoms with Crippen LogP contribution in [-0.4, -0.2) is 24.8 Å². The standard InChI is InChI=1S/C22H20ClN5O2/c1-14-5-4-6-20(28-22(29)27(3)25-26-28)19(14)13-30-21-8-7-16(9-15(21)2)17-10-18(23)12-24-11-17/h4-12H,13H2,1-3H3. The molecule has 0 amide bonds. The van der Waals surface area contributed by atoms with Crippen molar-refractivity contribution in [2.24, 2.45) is 7.05 Å². The molecule has 4 aromatic rings. The molecule has 0 fully saturated rings. The topological polar surface area (TPSA) is 74.8 Å². The molecule has 152 valence electrons. The van der Waals surface area contributed by atoms with Gasteiger partial charge in [0.1, 0.15) is 12.4 Å². The summed E-state index contributed by atoms with van der Waals surface area (Å²) in [6, 6.07) is 13.5. The van der Waals surface area contributed by atoms with Crippen LogP contribution in [0.1, 0.15) is 16.7 Å². The number of tetrazole rings is 1. The fraction of sp³-hybridized carbons (Fsp3) is 0.182. The van der Waals surface area contributed by atoms with Crippen molar-refractivity contribution in [2.75, 3.05) is 0 Å². The molecule has 0 saturated carbocycles. The van der Waals surface area contributed by atoms with Gasteiger partial charge < -0.3 is 4.74 Å². The van der Waals surface area contributed by atoms with Crippen LogP contribution >= 0.6 is 11.6 Å². The van der Waals surface area contributed by atoms with Crippen molar-refractivity contribution >= 4 is 11.6 Å². The molecule has 0 saturated heterocycles. The fourth-order valence-electron chi connectivity index (χ4n) is 3.25. The van der Waals surface area contributed by atoms with Crippen molar-refractivity contribution in [2.45, 2.75) is 20.5 Å². The monoisotopic (exact) mass is 421 g/mol. The first-order valence-corrected chi connectivity index (χ1v) is 9.74. The second-order valence-electron chi connectivity index (χ2n) is 7.03. The van der Waals surface area contributed by atoms with Gasteiger partial charge in [-0.25, -0.2) is 4.79 Å². The van der Waals surface area contributed by atoms with E-state index >= 15 is 0 Å². The summed E-state index contributed by atoms with van der Waals surface area (Å²) < 4.78 is 8.60. The van der Waals surface area contributed by atoms with Crippen LogP contribution in [0.2, 0.25) is 5.02 Å². The zero-order valence-corrected chi connectivity index (χ0v) is 17.6. The summed E-state index contributed by atoms with van der Waals surface area (Å²) in [5, 5.41) is 8.35. The molecule has 7 nitrogen and oxygen atoms in total. The fourth-order valence-corrected chi connectivity index (χ4v) is 3.42. The van der Waals surface area contributed by atoms with E-state index in [2.05, 4.69) is 15.4 Å². The van der Waals surface area contributed by atoms with Gasteiger partial charge in [-0.3, -0.25) is 4.98 Å². The summed E-state index contributed by atoms with van der Waals surface area (Å²) in [4.78, 5) is 16.4. The lowest BCUT2D eigenvalue weighted by Gasteiger charge is -2.15. The number of aryl methyl sites for hydroxylation is 3. The highest BCUT2D eigenvalue weighted by Gasteiger charge is 2.14. The van der Waals surface area contributed by atoms with Gasteiger partial charge in [0.25, 0.3) is 0 Å². The highest BCUT2D eigenvalue weighted by Crippen LogP contribution is 2.28. The van der Waals surface area contributed by atoms with Crippen LogP contribution in [0, 0.1) is 13.8 Å². The minimum Gasteiger partial charge on any atom is -0.489 e. The average molecular weight is 422 g/mol. The summed E-state index contributed by atoms with van der Waals surface area (Å²) in [5.74, 6) is 0.759. The van der Waals surface area contributed by atoms with Gasteiger partial charge in [0.05, 0.1) is 10.7 Å². The lowest BCUT2D eigenvalue weighted by Crippen LogP contribution is -2.23. The van der Waals surface area contributed by atoms with Crippen LogP contribution in [0.3, 0.4) is 0 Å². The quantitative estimate of drug-likeness (QED) is 0.489. The van der Waals surface area contributed by atoms with E-state index in [1.807, 2.05) is 56.3 Å². The van der Waals surface area contributed by atoms with Crippen LogP contribution in [0.25, 0.3) is 16.8 Å². The van der Waals surface area contributed by atoms with Gasteiger partial charge in [-0.15, -0.1) is 0 Å². The predicted molar refractivity (Wildman–Crippen MR) is 115 cm³/mol. The molecule has 0 spiro atoms. The molecular formula is C22H20ClN5O2. The molecule has 2 aromatic carbocycles. The molecule has 0 N–H and O–H groups in total. The number of ether oxygens (including phenoxy) is 1. The number of aromatic nitrogens is 5. The first kappa shape index (κ1) is 19.8. The zero-order valence-electron chi connectivity index (χ0n) is 16.8. The molecule has 30 heavy (non-hydrogen) atoms. The van der Waals surface area contributed by atoms with Crippen molar-refractivity contribution in [3.63, 3.8) is 0 Å². The molecule has 0 bridgehead atoms. The molecule has 8 heteroatoms. The summed E-state index contributed by atoms with van der Waals surface area (Å²) in [7, 11) is 1.57. The smallest absolute Gasteiger partial charge is 0.368 e. The minimum absolute atomic E-state index is 0.296. The number of hydrogen-bond donors (Lipinski definition) is 0. The molecule has 0 atom stereocenters. The largest absolute Gasteiger partial charge is 0.489 e. The Kier molecular flexibility index (Phi) is 5.37. The highest BCUT2D eigenvalue weighted by atomic mass is 35.5. The van der Waals surface area contributed by atoms with E-state index in [9.17, 15) is 4.79 Å². The maximum atomic E-state index is 12.3. The van der Waals surface area contributed by atoms with Crippen molar-refractivity contribution in [3.05, 3.63) is 87.1 Å². The SMILES string of the molecule is Cc1cc(-c2cncc(Cl)c2)ccc1OCc1c(C)cccc1-n1nnn(C)c1=O. The lowest BCUT2D eigenvalue weighted by molar-refractivity contribution is 0.302. The summed E-state index contributed by atoms with van der Waals surface area (Å²) in [6.07, 6.45) is 3.39. The van der Waals surface area contributed by atoms with E-state index in [0.29, 0.717) is 17.3 Å². The Morgan fingerprint density at radius 3 is 2.53 bits per heavy atom. The van der Waals surface area contributed by atoms with E-state index in [4.69, 9.17) is 16.3 Å². The molecule has 4 rings (SSSR count). The summed E-state index contributed by atoms with van der Waals surface area (Å²) in [6.45, 7) is 4.26. The number of nitrogens with zero attached hydrogens (tertiary/aromatic N) is 5. The Morgan fingerprint density at radius 1 is 1.00 bits per heavy atom. The Bertz CT molecular complexity index is 1280. The Hall–Kier alpha value is -3.45. The summed E-state index contributed by atoms with van der Waals surface area (Å²) >= 11 is 6.05. The van der Waals surface area contributed by atoms with Gasteiger partial charge in [0.15, 0.2) is 0 Å². The average Bonchev–Trinajstić information content (AvgIpc) is 3.06. The van der Waals surface area contributed by atoms with Crippen LogP contribution in [-0.2, 0) is 13.7 Å². The van der Waals surface area contributed by atoms with E-state index in [1.54, 1.807) is 19.4 Å². The molecule has 0 radical (unpaired) electrons.